The second-order valence-electron chi connectivity index (χ2n) is 7.70. The summed E-state index contributed by atoms with van der Waals surface area (Å²) in [5.41, 5.74) is 0.994. The van der Waals surface area contributed by atoms with Crippen molar-refractivity contribution in [3.05, 3.63) is 98.2 Å². The number of ether oxygens (including phenoxy) is 1. The molecule has 2 aromatic carbocycles. The highest BCUT2D eigenvalue weighted by molar-refractivity contribution is 7.09. The van der Waals surface area contributed by atoms with Gasteiger partial charge in [0.2, 0.25) is 5.91 Å². The fourth-order valence-corrected chi connectivity index (χ4v) is 4.20. The molecule has 3 rings (SSSR count). The van der Waals surface area contributed by atoms with Gasteiger partial charge < -0.3 is 14.5 Å². The lowest BCUT2D eigenvalue weighted by Gasteiger charge is -2.28. The molecular weight excluding hydrogens is 454 g/mol. The van der Waals surface area contributed by atoms with Gasteiger partial charge in [-0.2, -0.15) is 0 Å². The molecule has 178 valence electrons. The van der Waals surface area contributed by atoms with Crippen LogP contribution >= 0.6 is 11.3 Å². The predicted octanol–water partition coefficient (Wildman–Crippen LogP) is 4.36. The van der Waals surface area contributed by atoms with Crippen molar-refractivity contribution >= 4 is 28.8 Å². The number of benzene rings is 2. The number of nitro benzene ring substituents is 1. The molecule has 0 aliphatic heterocycles. The van der Waals surface area contributed by atoms with E-state index < -0.39 is 10.8 Å². The van der Waals surface area contributed by atoms with Crippen LogP contribution < -0.4 is 0 Å². The second-order valence-corrected chi connectivity index (χ2v) is 8.73. The van der Waals surface area contributed by atoms with Crippen LogP contribution in [-0.2, 0) is 22.6 Å². The van der Waals surface area contributed by atoms with Crippen molar-refractivity contribution in [3.8, 4) is 0 Å². The summed E-state index contributed by atoms with van der Waals surface area (Å²) in [4.78, 5) is 41.5. The van der Waals surface area contributed by atoms with E-state index in [4.69, 9.17) is 4.74 Å². The first-order valence-corrected chi connectivity index (χ1v) is 11.7. The molecule has 0 fully saturated rings. The highest BCUT2D eigenvalue weighted by Gasteiger charge is 2.24. The summed E-state index contributed by atoms with van der Waals surface area (Å²) in [6, 6.07) is 19.2. The van der Waals surface area contributed by atoms with Crippen molar-refractivity contribution in [1.29, 1.82) is 0 Å². The quantitative estimate of drug-likeness (QED) is 0.218. The molecule has 0 atom stereocenters. The Morgan fingerprint density at radius 2 is 1.79 bits per heavy atom. The van der Waals surface area contributed by atoms with E-state index in [-0.39, 0.29) is 23.7 Å². The van der Waals surface area contributed by atoms with Crippen LogP contribution in [0.15, 0.2) is 72.1 Å². The molecule has 8 nitrogen and oxygen atoms in total. The van der Waals surface area contributed by atoms with Crippen molar-refractivity contribution in [1.82, 2.24) is 9.80 Å². The fraction of sp³-hybridized carbons (Fsp3) is 0.280. The molecule has 0 bridgehead atoms. The number of thiophene rings is 1. The first kappa shape index (κ1) is 25.1. The molecule has 2 amide bonds. The van der Waals surface area contributed by atoms with Gasteiger partial charge in [-0.3, -0.25) is 19.7 Å². The number of non-ortho nitro benzene ring substituents is 1. The highest BCUT2D eigenvalue weighted by atomic mass is 32.1. The number of carbonyl (C=O) groups excluding carboxylic acids is 2. The van der Waals surface area contributed by atoms with E-state index in [0.717, 1.165) is 10.4 Å². The predicted molar refractivity (Wildman–Crippen MR) is 131 cm³/mol. The van der Waals surface area contributed by atoms with E-state index in [1.807, 2.05) is 47.8 Å². The molecule has 0 aliphatic rings. The maximum Gasteiger partial charge on any atom is 0.270 e. The summed E-state index contributed by atoms with van der Waals surface area (Å²) in [6.07, 6.45) is 0.536. The number of hydrogen-bond donors (Lipinski definition) is 0. The summed E-state index contributed by atoms with van der Waals surface area (Å²) in [5.74, 6) is -0.627. The number of nitro groups is 1. The molecule has 0 unspecified atom stereocenters. The molecular formula is C25H27N3O5S. The minimum Gasteiger partial charge on any atom is -0.385 e. The van der Waals surface area contributed by atoms with Gasteiger partial charge in [0.1, 0.15) is 6.54 Å². The van der Waals surface area contributed by atoms with Gasteiger partial charge in [0.25, 0.3) is 11.6 Å². The van der Waals surface area contributed by atoms with Crippen molar-refractivity contribution in [3.63, 3.8) is 0 Å². The average Bonchev–Trinajstić information content (AvgIpc) is 3.36. The lowest BCUT2D eigenvalue weighted by atomic mass is 10.1. The van der Waals surface area contributed by atoms with Crippen LogP contribution in [0.3, 0.4) is 0 Å². The molecule has 0 saturated carbocycles. The Hall–Kier alpha value is -3.56. The third kappa shape index (κ3) is 7.23. The number of methoxy groups -OCH3 is 1. The minimum atomic E-state index is -0.542. The van der Waals surface area contributed by atoms with Crippen LogP contribution in [0.2, 0.25) is 0 Å². The largest absolute Gasteiger partial charge is 0.385 e. The molecule has 0 radical (unpaired) electrons. The van der Waals surface area contributed by atoms with E-state index in [1.54, 1.807) is 23.3 Å². The monoisotopic (exact) mass is 481 g/mol. The average molecular weight is 482 g/mol. The molecule has 0 saturated heterocycles. The normalized spacial score (nSPS) is 10.6. The topological polar surface area (TPSA) is 93.0 Å². The maximum atomic E-state index is 13.4. The molecule has 3 aromatic rings. The summed E-state index contributed by atoms with van der Waals surface area (Å²) >= 11 is 1.57. The van der Waals surface area contributed by atoms with E-state index in [0.29, 0.717) is 32.7 Å². The van der Waals surface area contributed by atoms with Crippen LogP contribution in [0, 0.1) is 10.1 Å². The van der Waals surface area contributed by atoms with Gasteiger partial charge in [0, 0.05) is 49.4 Å². The van der Waals surface area contributed by atoms with Gasteiger partial charge in [-0.05, 0) is 29.5 Å². The van der Waals surface area contributed by atoms with Crippen LogP contribution in [-0.4, -0.2) is 53.3 Å². The van der Waals surface area contributed by atoms with Gasteiger partial charge in [-0.25, -0.2) is 0 Å². The Balaban J connectivity index is 1.81. The number of amides is 2. The van der Waals surface area contributed by atoms with Gasteiger partial charge in [0.15, 0.2) is 0 Å². The third-order valence-electron chi connectivity index (χ3n) is 5.19. The number of carbonyl (C=O) groups is 2. The lowest BCUT2D eigenvalue weighted by molar-refractivity contribution is -0.384. The summed E-state index contributed by atoms with van der Waals surface area (Å²) in [7, 11) is 1.57. The van der Waals surface area contributed by atoms with Crippen LogP contribution in [0.5, 0.6) is 0 Å². The van der Waals surface area contributed by atoms with Gasteiger partial charge in [-0.1, -0.05) is 42.5 Å². The first-order chi connectivity index (χ1) is 16.5. The number of rotatable bonds is 12. The van der Waals surface area contributed by atoms with Crippen LogP contribution in [0.1, 0.15) is 27.2 Å². The van der Waals surface area contributed by atoms with Crippen LogP contribution in [0.25, 0.3) is 0 Å². The van der Waals surface area contributed by atoms with Crippen molar-refractivity contribution < 1.29 is 19.2 Å². The molecule has 0 spiro atoms. The Kier molecular flexibility index (Phi) is 9.30. The summed E-state index contributed by atoms with van der Waals surface area (Å²) < 4.78 is 5.11. The molecule has 9 heteroatoms. The van der Waals surface area contributed by atoms with Gasteiger partial charge in [-0.15, -0.1) is 11.3 Å². The molecule has 0 N–H and O–H groups in total. The maximum absolute atomic E-state index is 13.4. The van der Waals surface area contributed by atoms with Gasteiger partial charge >= 0.3 is 0 Å². The Bertz CT molecular complexity index is 1090. The van der Waals surface area contributed by atoms with E-state index >= 15 is 0 Å². The Morgan fingerprint density at radius 1 is 1.00 bits per heavy atom. The van der Waals surface area contributed by atoms with Crippen molar-refractivity contribution in [2.24, 2.45) is 0 Å². The zero-order valence-electron chi connectivity index (χ0n) is 19.0. The second kappa shape index (κ2) is 12.6. The van der Waals surface area contributed by atoms with E-state index in [1.165, 1.54) is 29.2 Å². The zero-order valence-corrected chi connectivity index (χ0v) is 19.8. The van der Waals surface area contributed by atoms with Crippen LogP contribution in [0.4, 0.5) is 5.69 Å². The van der Waals surface area contributed by atoms with Crippen molar-refractivity contribution in [2.75, 3.05) is 26.8 Å². The smallest absolute Gasteiger partial charge is 0.270 e. The third-order valence-corrected chi connectivity index (χ3v) is 6.05. The standard InChI is InChI=1S/C25H27N3O5S/c1-33-14-7-13-26(25(30)21-10-5-11-22(16-21)28(31)32)19-24(29)27(18-23-12-6-15-34-23)17-20-8-3-2-4-9-20/h2-6,8-12,15-16H,7,13-14,17-19H2,1H3. The lowest BCUT2D eigenvalue weighted by Crippen LogP contribution is -2.43. The Morgan fingerprint density at radius 3 is 2.47 bits per heavy atom. The summed E-state index contributed by atoms with van der Waals surface area (Å²) in [6.45, 7) is 1.43. The minimum absolute atomic E-state index is 0.135. The molecule has 34 heavy (non-hydrogen) atoms. The Labute approximate surface area is 202 Å². The molecule has 0 aliphatic carbocycles. The highest BCUT2D eigenvalue weighted by Crippen LogP contribution is 2.18. The molecule has 1 aromatic heterocycles. The number of hydrogen-bond acceptors (Lipinski definition) is 6. The first-order valence-electron chi connectivity index (χ1n) is 10.8. The van der Waals surface area contributed by atoms with Gasteiger partial charge in [0.05, 0.1) is 11.5 Å². The van der Waals surface area contributed by atoms with Crippen molar-refractivity contribution in [2.45, 2.75) is 19.5 Å². The SMILES string of the molecule is COCCCN(CC(=O)N(Cc1ccccc1)Cc1cccs1)C(=O)c1cccc([N+](=O)[O-])c1. The fourth-order valence-electron chi connectivity index (χ4n) is 3.48. The molecule has 1 heterocycles. The zero-order chi connectivity index (χ0) is 24.3. The van der Waals surface area contributed by atoms with E-state index in [9.17, 15) is 19.7 Å². The van der Waals surface area contributed by atoms with E-state index in [2.05, 4.69) is 0 Å². The summed E-state index contributed by atoms with van der Waals surface area (Å²) in [5, 5.41) is 13.1. The number of nitrogens with zero attached hydrogens (tertiary/aromatic N) is 3.